The molecule has 108 valence electrons. The van der Waals surface area contributed by atoms with E-state index in [1.807, 2.05) is 7.05 Å². The SMILES string of the molecule is CC1CCNC2=C1CC1=C(N2)NC2=C(OCCN2C)O1. The van der Waals surface area contributed by atoms with Gasteiger partial charge in [-0.05, 0) is 17.9 Å². The van der Waals surface area contributed by atoms with Crippen LogP contribution < -0.4 is 16.0 Å². The Morgan fingerprint density at radius 3 is 3.05 bits per heavy atom. The molecule has 0 fully saturated rings. The largest absolute Gasteiger partial charge is 0.461 e. The highest BCUT2D eigenvalue weighted by atomic mass is 16.7. The predicted octanol–water partition coefficient (Wildman–Crippen LogP) is 0.698. The number of allylic oxidation sites excluding steroid dienone is 1. The number of likely N-dealkylation sites (N-methyl/N-ethyl adjacent to an activating group) is 1. The monoisotopic (exact) mass is 276 g/mol. The van der Waals surface area contributed by atoms with Gasteiger partial charge in [-0.1, -0.05) is 6.92 Å². The first-order valence-corrected chi connectivity index (χ1v) is 7.22. The van der Waals surface area contributed by atoms with Gasteiger partial charge in [0.05, 0.1) is 6.54 Å². The van der Waals surface area contributed by atoms with Gasteiger partial charge >= 0.3 is 5.95 Å². The van der Waals surface area contributed by atoms with Crippen LogP contribution in [0.4, 0.5) is 0 Å². The maximum absolute atomic E-state index is 5.97. The molecule has 0 aromatic rings. The topological polar surface area (TPSA) is 57.8 Å². The number of hydrogen-bond acceptors (Lipinski definition) is 6. The third kappa shape index (κ3) is 1.71. The van der Waals surface area contributed by atoms with Crippen molar-refractivity contribution < 1.29 is 9.47 Å². The molecule has 0 bridgehead atoms. The molecule has 4 heterocycles. The van der Waals surface area contributed by atoms with Crippen molar-refractivity contribution in [2.45, 2.75) is 19.8 Å². The van der Waals surface area contributed by atoms with Gasteiger partial charge in [0.1, 0.15) is 12.4 Å². The van der Waals surface area contributed by atoms with Crippen LogP contribution in [0.3, 0.4) is 0 Å². The van der Waals surface area contributed by atoms with Crippen LogP contribution >= 0.6 is 0 Å². The molecule has 0 saturated heterocycles. The number of ether oxygens (including phenoxy) is 2. The van der Waals surface area contributed by atoms with E-state index in [0.717, 1.165) is 42.7 Å². The maximum atomic E-state index is 5.97. The van der Waals surface area contributed by atoms with Crippen molar-refractivity contribution in [3.8, 4) is 0 Å². The van der Waals surface area contributed by atoms with Crippen molar-refractivity contribution in [1.82, 2.24) is 20.9 Å². The van der Waals surface area contributed by atoms with E-state index in [-0.39, 0.29) is 0 Å². The Morgan fingerprint density at radius 1 is 1.25 bits per heavy atom. The van der Waals surface area contributed by atoms with Gasteiger partial charge in [-0.3, -0.25) is 0 Å². The molecule has 4 aliphatic rings. The normalized spacial score (nSPS) is 28.3. The van der Waals surface area contributed by atoms with Crippen molar-refractivity contribution in [2.24, 2.45) is 5.92 Å². The van der Waals surface area contributed by atoms with Gasteiger partial charge in [0.25, 0.3) is 0 Å². The summed E-state index contributed by atoms with van der Waals surface area (Å²) in [7, 11) is 2.04. The summed E-state index contributed by atoms with van der Waals surface area (Å²) in [4.78, 5) is 2.12. The van der Waals surface area contributed by atoms with Crippen LogP contribution in [0.5, 0.6) is 0 Å². The highest BCUT2D eigenvalue weighted by Gasteiger charge is 2.34. The van der Waals surface area contributed by atoms with Crippen LogP contribution in [0.2, 0.25) is 0 Å². The lowest BCUT2D eigenvalue weighted by Crippen LogP contribution is -2.47. The Hall–Kier alpha value is -1.98. The molecule has 0 aromatic carbocycles. The van der Waals surface area contributed by atoms with Crippen LogP contribution in [0.15, 0.2) is 34.7 Å². The van der Waals surface area contributed by atoms with E-state index in [9.17, 15) is 0 Å². The minimum Gasteiger partial charge on any atom is -0.461 e. The molecule has 0 saturated carbocycles. The first-order chi connectivity index (χ1) is 9.72. The fraction of sp³-hybridized carbons (Fsp3) is 0.571. The van der Waals surface area contributed by atoms with E-state index in [1.54, 1.807) is 0 Å². The predicted molar refractivity (Wildman–Crippen MR) is 73.4 cm³/mol. The molecular formula is C14H20N4O2. The van der Waals surface area contributed by atoms with Gasteiger partial charge in [0.15, 0.2) is 17.4 Å². The zero-order chi connectivity index (χ0) is 13.7. The molecule has 20 heavy (non-hydrogen) atoms. The minimum atomic E-state index is 0.585. The second-order valence-electron chi connectivity index (χ2n) is 5.75. The summed E-state index contributed by atoms with van der Waals surface area (Å²) in [5.74, 6) is 5.08. The average molecular weight is 276 g/mol. The number of nitrogens with zero attached hydrogens (tertiary/aromatic N) is 1. The van der Waals surface area contributed by atoms with Gasteiger partial charge in [0.2, 0.25) is 0 Å². The lowest BCUT2D eigenvalue weighted by atomic mass is 9.90. The van der Waals surface area contributed by atoms with E-state index < -0.39 is 0 Å². The quantitative estimate of drug-likeness (QED) is 0.605. The van der Waals surface area contributed by atoms with Gasteiger partial charge in [-0.15, -0.1) is 0 Å². The number of rotatable bonds is 0. The van der Waals surface area contributed by atoms with Gasteiger partial charge in [-0.2, -0.15) is 0 Å². The molecular weight excluding hydrogens is 256 g/mol. The van der Waals surface area contributed by atoms with E-state index >= 15 is 0 Å². The van der Waals surface area contributed by atoms with Crippen LogP contribution in [0.1, 0.15) is 19.8 Å². The minimum absolute atomic E-state index is 0.585. The van der Waals surface area contributed by atoms with Crippen LogP contribution in [0, 0.1) is 5.92 Å². The highest BCUT2D eigenvalue weighted by molar-refractivity contribution is 5.34. The lowest BCUT2D eigenvalue weighted by molar-refractivity contribution is 0.0125. The Bertz CT molecular complexity index is 501. The molecule has 1 unspecified atom stereocenters. The van der Waals surface area contributed by atoms with Crippen molar-refractivity contribution in [3.05, 3.63) is 34.7 Å². The summed E-state index contributed by atoms with van der Waals surface area (Å²) in [6.07, 6.45) is 2.01. The second-order valence-corrected chi connectivity index (χ2v) is 5.75. The number of nitrogens with one attached hydrogen (secondary N) is 3. The van der Waals surface area contributed by atoms with Crippen molar-refractivity contribution >= 4 is 0 Å². The Kier molecular flexibility index (Phi) is 2.52. The van der Waals surface area contributed by atoms with Crippen molar-refractivity contribution in [3.63, 3.8) is 0 Å². The number of dihydropyridines is 1. The first kappa shape index (κ1) is 11.8. The molecule has 4 aliphatic heterocycles. The summed E-state index contributed by atoms with van der Waals surface area (Å²) >= 11 is 0. The molecule has 0 aliphatic carbocycles. The number of hydrogen-bond donors (Lipinski definition) is 3. The van der Waals surface area contributed by atoms with Crippen molar-refractivity contribution in [2.75, 3.05) is 26.7 Å². The maximum Gasteiger partial charge on any atom is 0.327 e. The molecule has 6 nitrogen and oxygen atoms in total. The summed E-state index contributed by atoms with van der Waals surface area (Å²) in [6, 6.07) is 0. The fourth-order valence-corrected chi connectivity index (χ4v) is 3.04. The summed E-state index contributed by atoms with van der Waals surface area (Å²) in [5.41, 5.74) is 1.39. The molecule has 6 heteroatoms. The fourth-order valence-electron chi connectivity index (χ4n) is 3.04. The summed E-state index contributed by atoms with van der Waals surface area (Å²) in [5, 5.41) is 10.3. The summed E-state index contributed by atoms with van der Waals surface area (Å²) < 4.78 is 11.6. The molecule has 1 atom stereocenters. The zero-order valence-electron chi connectivity index (χ0n) is 11.9. The van der Waals surface area contributed by atoms with Gasteiger partial charge < -0.3 is 30.3 Å². The van der Waals surface area contributed by atoms with E-state index in [1.165, 1.54) is 12.0 Å². The third-order valence-electron chi connectivity index (χ3n) is 4.37. The van der Waals surface area contributed by atoms with Crippen LogP contribution in [-0.4, -0.2) is 31.6 Å². The van der Waals surface area contributed by atoms with E-state index in [0.29, 0.717) is 18.5 Å². The molecule has 0 amide bonds. The van der Waals surface area contributed by atoms with Gasteiger partial charge in [-0.25, -0.2) is 0 Å². The molecule has 0 spiro atoms. The third-order valence-corrected chi connectivity index (χ3v) is 4.37. The smallest absolute Gasteiger partial charge is 0.327 e. The molecule has 0 aromatic heterocycles. The van der Waals surface area contributed by atoms with Crippen molar-refractivity contribution in [1.29, 1.82) is 0 Å². The summed E-state index contributed by atoms with van der Waals surface area (Å²) in [6.45, 7) is 4.82. The standard InChI is InChI=1S/C14H20N4O2/c1-8-3-4-15-11-9(8)7-10-12(16-11)17-13-14(20-10)19-6-5-18(13)2/h8,15-17H,3-7H2,1-2H3. The first-order valence-electron chi connectivity index (χ1n) is 7.22. The Labute approximate surface area is 118 Å². The van der Waals surface area contributed by atoms with Crippen LogP contribution in [-0.2, 0) is 9.47 Å². The van der Waals surface area contributed by atoms with E-state index in [2.05, 4.69) is 27.8 Å². The lowest BCUT2D eigenvalue weighted by Gasteiger charge is -2.39. The van der Waals surface area contributed by atoms with Crippen LogP contribution in [0.25, 0.3) is 0 Å². The highest BCUT2D eigenvalue weighted by Crippen LogP contribution is 2.35. The second kappa shape index (κ2) is 4.26. The molecule has 4 rings (SSSR count). The average Bonchev–Trinajstić information content (AvgIpc) is 2.45. The Morgan fingerprint density at radius 2 is 2.15 bits per heavy atom. The zero-order valence-corrected chi connectivity index (χ0v) is 11.9. The molecule has 3 N–H and O–H groups in total. The molecule has 0 radical (unpaired) electrons. The Balaban J connectivity index is 1.60. The van der Waals surface area contributed by atoms with E-state index in [4.69, 9.17) is 9.47 Å². The van der Waals surface area contributed by atoms with Gasteiger partial charge in [0, 0.05) is 20.0 Å².